The second-order valence-electron chi connectivity index (χ2n) is 8.53. The van der Waals surface area contributed by atoms with Crippen LogP contribution in [0.2, 0.25) is 0 Å². The van der Waals surface area contributed by atoms with E-state index < -0.39 is 5.97 Å². The molecule has 0 saturated carbocycles. The van der Waals surface area contributed by atoms with E-state index >= 15 is 0 Å². The number of hydrogen-bond acceptors (Lipinski definition) is 7. The molecule has 1 heterocycles. The van der Waals surface area contributed by atoms with Crippen molar-refractivity contribution < 1.29 is 14.3 Å². The van der Waals surface area contributed by atoms with Crippen molar-refractivity contribution in [1.29, 1.82) is 0 Å². The number of hydrogen-bond donors (Lipinski definition) is 2. The van der Waals surface area contributed by atoms with Crippen LogP contribution in [0.3, 0.4) is 0 Å². The number of ether oxygens (including phenoxy) is 2. The first-order valence-electron chi connectivity index (χ1n) is 9.19. The van der Waals surface area contributed by atoms with Crippen LogP contribution in [0.5, 0.6) is 5.75 Å². The van der Waals surface area contributed by atoms with E-state index in [4.69, 9.17) is 9.47 Å². The van der Waals surface area contributed by atoms with Gasteiger partial charge in [0, 0.05) is 11.6 Å². The van der Waals surface area contributed by atoms with Gasteiger partial charge in [0.2, 0.25) is 5.95 Å². The van der Waals surface area contributed by atoms with E-state index in [-0.39, 0.29) is 16.6 Å². The Morgan fingerprint density at radius 2 is 1.75 bits per heavy atom. The molecule has 1 aromatic heterocycles. The van der Waals surface area contributed by atoms with Gasteiger partial charge in [0.15, 0.2) is 5.69 Å². The zero-order valence-corrected chi connectivity index (χ0v) is 17.7. The van der Waals surface area contributed by atoms with Crippen LogP contribution in [0.25, 0.3) is 0 Å². The molecule has 0 aliphatic heterocycles. The molecule has 2 N–H and O–H groups in total. The summed E-state index contributed by atoms with van der Waals surface area (Å²) < 4.78 is 10.2. The van der Waals surface area contributed by atoms with Crippen molar-refractivity contribution in [3.8, 4) is 5.75 Å². The van der Waals surface area contributed by atoms with Crippen LogP contribution in [0, 0.1) is 5.41 Å². The third-order valence-electron chi connectivity index (χ3n) is 3.91. The fraction of sp³-hybridized carbons (Fsp3) is 0.476. The second-order valence-corrected chi connectivity index (χ2v) is 8.53. The number of esters is 1. The first kappa shape index (κ1) is 21.5. The molecule has 0 saturated heterocycles. The van der Waals surface area contributed by atoms with Gasteiger partial charge in [-0.3, -0.25) is 0 Å². The lowest BCUT2D eigenvalue weighted by Crippen LogP contribution is -2.36. The van der Waals surface area contributed by atoms with Gasteiger partial charge in [-0.05, 0) is 37.8 Å². The topological polar surface area (TPSA) is 85.4 Å². The maximum Gasteiger partial charge on any atom is 0.356 e. The summed E-state index contributed by atoms with van der Waals surface area (Å²) in [7, 11) is 2.93. The number of carbonyl (C=O) groups excluding carboxylic acids is 1. The molecule has 28 heavy (non-hydrogen) atoms. The molecule has 0 aliphatic carbocycles. The van der Waals surface area contributed by atoms with Gasteiger partial charge in [-0.15, -0.1) is 0 Å². The van der Waals surface area contributed by atoms with Crippen molar-refractivity contribution in [3.63, 3.8) is 0 Å². The minimum absolute atomic E-state index is 0.120. The molecule has 0 fully saturated rings. The van der Waals surface area contributed by atoms with Gasteiger partial charge < -0.3 is 20.1 Å². The average molecular weight is 386 g/mol. The number of carbonyl (C=O) groups is 1. The largest absolute Gasteiger partial charge is 0.495 e. The van der Waals surface area contributed by atoms with Crippen LogP contribution in [0.15, 0.2) is 30.3 Å². The van der Waals surface area contributed by atoms with Gasteiger partial charge in [-0.2, -0.15) is 4.98 Å². The van der Waals surface area contributed by atoms with Crippen LogP contribution >= 0.6 is 0 Å². The quantitative estimate of drug-likeness (QED) is 0.670. The van der Waals surface area contributed by atoms with Crippen LogP contribution in [-0.4, -0.2) is 35.7 Å². The highest BCUT2D eigenvalue weighted by atomic mass is 16.5. The molecule has 7 heteroatoms. The summed E-state index contributed by atoms with van der Waals surface area (Å²) >= 11 is 0. The van der Waals surface area contributed by atoms with Crippen molar-refractivity contribution in [3.05, 3.63) is 36.0 Å². The molecule has 0 radical (unpaired) electrons. The number of nitrogens with zero attached hydrogens (tertiary/aromatic N) is 2. The van der Waals surface area contributed by atoms with Crippen LogP contribution in [-0.2, 0) is 4.74 Å². The van der Waals surface area contributed by atoms with E-state index in [1.807, 2.05) is 24.3 Å². The van der Waals surface area contributed by atoms with Crippen molar-refractivity contribution in [2.24, 2.45) is 5.41 Å². The summed E-state index contributed by atoms with van der Waals surface area (Å²) in [6.07, 6.45) is 0.890. The molecule has 0 bridgehead atoms. The SMILES string of the molecule is COC(=O)c1cc(Nc2ccccc2OC)nc(NC(C)(C)CC(C)(C)C)n1. The second kappa shape index (κ2) is 8.46. The summed E-state index contributed by atoms with van der Waals surface area (Å²) in [6, 6.07) is 9.04. The Labute approximate surface area is 166 Å². The molecule has 0 spiro atoms. The third kappa shape index (κ3) is 6.11. The number of anilines is 3. The number of nitrogens with one attached hydrogen (secondary N) is 2. The number of para-hydroxylation sites is 2. The Morgan fingerprint density at radius 3 is 2.36 bits per heavy atom. The average Bonchev–Trinajstić information content (AvgIpc) is 2.58. The Hall–Kier alpha value is -2.83. The van der Waals surface area contributed by atoms with E-state index in [2.05, 4.69) is 55.2 Å². The summed E-state index contributed by atoms with van der Waals surface area (Å²) in [6.45, 7) is 10.7. The maximum absolute atomic E-state index is 12.1. The van der Waals surface area contributed by atoms with Gasteiger partial charge >= 0.3 is 5.97 Å². The number of methoxy groups -OCH3 is 2. The number of rotatable bonds is 7. The molecule has 7 nitrogen and oxygen atoms in total. The predicted octanol–water partition coefficient (Wildman–Crippen LogP) is 4.64. The molecule has 0 aliphatic rings. The summed E-state index contributed by atoms with van der Waals surface area (Å²) in [5.41, 5.74) is 0.757. The first-order valence-corrected chi connectivity index (χ1v) is 9.19. The summed E-state index contributed by atoms with van der Waals surface area (Å²) in [5.74, 6) is 0.967. The zero-order chi connectivity index (χ0) is 20.9. The highest BCUT2D eigenvalue weighted by molar-refractivity contribution is 5.88. The first-order chi connectivity index (χ1) is 13.0. The Bertz CT molecular complexity index is 829. The lowest BCUT2D eigenvalue weighted by molar-refractivity contribution is 0.0594. The predicted molar refractivity (Wildman–Crippen MR) is 111 cm³/mol. The van der Waals surface area contributed by atoms with E-state index in [9.17, 15) is 4.79 Å². The molecule has 0 unspecified atom stereocenters. The van der Waals surface area contributed by atoms with E-state index in [0.717, 1.165) is 12.1 Å². The number of benzene rings is 1. The van der Waals surface area contributed by atoms with Gasteiger partial charge in [0.05, 0.1) is 19.9 Å². The van der Waals surface area contributed by atoms with E-state index in [0.29, 0.717) is 17.5 Å². The minimum Gasteiger partial charge on any atom is -0.495 e. The molecule has 152 valence electrons. The standard InChI is InChI=1S/C21H30N4O3/c1-20(2,3)13-21(4,5)25-19-23-15(18(26)28-7)12-17(24-19)22-14-10-8-9-11-16(14)27-6/h8-12H,13H2,1-7H3,(H2,22,23,24,25). The smallest absolute Gasteiger partial charge is 0.356 e. The Morgan fingerprint density at radius 1 is 1.07 bits per heavy atom. The Kier molecular flexibility index (Phi) is 6.48. The fourth-order valence-corrected chi connectivity index (χ4v) is 3.33. The van der Waals surface area contributed by atoms with Crippen molar-refractivity contribution in [2.45, 2.75) is 46.6 Å². The Balaban J connectivity index is 2.38. The van der Waals surface area contributed by atoms with Gasteiger partial charge in [0.25, 0.3) is 0 Å². The normalized spacial score (nSPS) is 11.7. The molecular weight excluding hydrogens is 356 g/mol. The van der Waals surface area contributed by atoms with Crippen molar-refractivity contribution in [2.75, 3.05) is 24.9 Å². The van der Waals surface area contributed by atoms with Gasteiger partial charge in [0.1, 0.15) is 11.6 Å². The van der Waals surface area contributed by atoms with Gasteiger partial charge in [-0.1, -0.05) is 32.9 Å². The minimum atomic E-state index is -0.526. The lowest BCUT2D eigenvalue weighted by atomic mass is 9.82. The highest BCUT2D eigenvalue weighted by Crippen LogP contribution is 2.30. The summed E-state index contributed by atoms with van der Waals surface area (Å²) in [4.78, 5) is 21.0. The molecular formula is C21H30N4O3. The van der Waals surface area contributed by atoms with E-state index in [1.54, 1.807) is 13.2 Å². The molecule has 1 aromatic carbocycles. The fourth-order valence-electron chi connectivity index (χ4n) is 3.33. The summed E-state index contributed by atoms with van der Waals surface area (Å²) in [5, 5.41) is 6.54. The monoisotopic (exact) mass is 386 g/mol. The van der Waals surface area contributed by atoms with Crippen LogP contribution in [0.4, 0.5) is 17.5 Å². The highest BCUT2D eigenvalue weighted by Gasteiger charge is 2.27. The maximum atomic E-state index is 12.1. The van der Waals surface area contributed by atoms with E-state index in [1.165, 1.54) is 7.11 Å². The van der Waals surface area contributed by atoms with Gasteiger partial charge in [-0.25, -0.2) is 9.78 Å². The molecule has 2 aromatic rings. The molecule has 2 rings (SSSR count). The van der Waals surface area contributed by atoms with Crippen molar-refractivity contribution >= 4 is 23.4 Å². The van der Waals surface area contributed by atoms with Crippen LogP contribution in [0.1, 0.15) is 51.5 Å². The molecule has 0 amide bonds. The third-order valence-corrected chi connectivity index (χ3v) is 3.91. The lowest BCUT2D eigenvalue weighted by Gasteiger charge is -2.33. The zero-order valence-electron chi connectivity index (χ0n) is 17.7. The van der Waals surface area contributed by atoms with Crippen molar-refractivity contribution in [1.82, 2.24) is 9.97 Å². The number of aromatic nitrogens is 2. The van der Waals surface area contributed by atoms with Crippen LogP contribution < -0.4 is 15.4 Å². The molecule has 0 atom stereocenters.